The molecule has 6 rings (SSSR count). The van der Waals surface area contributed by atoms with E-state index in [0.717, 1.165) is 70.3 Å². The molecule has 1 unspecified atom stereocenters. The molecule has 0 spiro atoms. The second-order valence-corrected chi connectivity index (χ2v) is 13.4. The van der Waals surface area contributed by atoms with Crippen molar-refractivity contribution in [3.05, 3.63) is 34.9 Å². The molecular formula is C32H41F3N2O2. The number of nitrogens with zero attached hydrogens (tertiary/aromatic N) is 2. The average molecular weight is 543 g/mol. The third kappa shape index (κ3) is 5.00. The molecule has 1 aromatic carbocycles. The number of piperidine rings is 1. The van der Waals surface area contributed by atoms with Gasteiger partial charge >= 0.3 is 6.18 Å². The maximum atomic E-state index is 14.2. The zero-order valence-electron chi connectivity index (χ0n) is 23.0. The van der Waals surface area contributed by atoms with Crippen molar-refractivity contribution in [2.24, 2.45) is 40.9 Å². The number of carbonyl (C=O) groups excluding carboxylic acids is 1. The van der Waals surface area contributed by atoms with E-state index in [0.29, 0.717) is 41.6 Å². The molecule has 39 heavy (non-hydrogen) atoms. The minimum atomic E-state index is -4.46. The average Bonchev–Trinajstić information content (AvgIpc) is 3.68. The lowest BCUT2D eigenvalue weighted by molar-refractivity contribution is -0.146. The van der Waals surface area contributed by atoms with E-state index >= 15 is 0 Å². The molecule has 5 fully saturated rings. The molecule has 2 heterocycles. The van der Waals surface area contributed by atoms with E-state index in [1.807, 2.05) is 6.07 Å². The molecule has 1 amide bonds. The molecular weight excluding hydrogens is 501 g/mol. The lowest BCUT2D eigenvalue weighted by atomic mass is 9.76. The van der Waals surface area contributed by atoms with Crippen molar-refractivity contribution in [3.63, 3.8) is 0 Å². The van der Waals surface area contributed by atoms with Gasteiger partial charge in [-0.2, -0.15) is 18.4 Å². The highest BCUT2D eigenvalue weighted by molar-refractivity contribution is 5.84. The molecule has 2 saturated heterocycles. The van der Waals surface area contributed by atoms with Gasteiger partial charge in [-0.1, -0.05) is 19.8 Å². The number of rotatable bonds is 6. The van der Waals surface area contributed by atoms with Gasteiger partial charge in [-0.15, -0.1) is 0 Å². The molecule has 8 atom stereocenters. The van der Waals surface area contributed by atoms with Crippen LogP contribution in [0.5, 0.6) is 0 Å². The first-order chi connectivity index (χ1) is 18.7. The summed E-state index contributed by atoms with van der Waals surface area (Å²) in [5.41, 5.74) is -0.277. The van der Waals surface area contributed by atoms with Crippen LogP contribution in [-0.2, 0) is 22.1 Å². The molecule has 3 aliphatic carbocycles. The van der Waals surface area contributed by atoms with Crippen LogP contribution in [0.1, 0.15) is 87.8 Å². The molecule has 1 aromatic rings. The van der Waals surface area contributed by atoms with E-state index in [1.165, 1.54) is 31.7 Å². The second kappa shape index (κ2) is 10.4. The number of fused-ring (bicyclic) bond motifs is 3. The lowest BCUT2D eigenvalue weighted by Gasteiger charge is -2.39. The van der Waals surface area contributed by atoms with Gasteiger partial charge in [0.1, 0.15) is 0 Å². The van der Waals surface area contributed by atoms with E-state index in [4.69, 9.17) is 4.74 Å². The van der Waals surface area contributed by atoms with Crippen molar-refractivity contribution >= 4 is 5.91 Å². The zero-order chi connectivity index (χ0) is 27.4. The number of carbonyl (C=O) groups is 1. The van der Waals surface area contributed by atoms with E-state index in [9.17, 15) is 23.2 Å². The Morgan fingerprint density at radius 2 is 2.00 bits per heavy atom. The Balaban J connectivity index is 1.11. The third-order valence-corrected chi connectivity index (χ3v) is 11.3. The number of halogens is 3. The molecule has 0 N–H and O–H groups in total. The Morgan fingerprint density at radius 3 is 2.72 bits per heavy atom. The lowest BCUT2D eigenvalue weighted by Crippen LogP contribution is -2.48. The maximum Gasteiger partial charge on any atom is 0.416 e. The van der Waals surface area contributed by atoms with Crippen LogP contribution >= 0.6 is 0 Å². The SMILES string of the molecule is CC[C@@H]1COCC[C@@H]1C[C@@H]1C[C@H]2CCC[C@@]2(C(=O)N2C[C@@H]3C[C@H]2CC3Cc2cc(C#N)cc(C(F)(F)F)c2)C1. The van der Waals surface area contributed by atoms with Crippen LogP contribution < -0.4 is 0 Å². The van der Waals surface area contributed by atoms with E-state index < -0.39 is 11.7 Å². The van der Waals surface area contributed by atoms with Crippen molar-refractivity contribution in [2.45, 2.75) is 89.8 Å². The first-order valence-electron chi connectivity index (χ1n) is 15.2. The molecule has 2 aliphatic heterocycles. The summed E-state index contributed by atoms with van der Waals surface area (Å²) in [6.45, 7) is 4.77. The van der Waals surface area contributed by atoms with Crippen LogP contribution in [0.3, 0.4) is 0 Å². The summed E-state index contributed by atoms with van der Waals surface area (Å²) in [4.78, 5) is 16.4. The molecule has 0 aromatic heterocycles. The van der Waals surface area contributed by atoms with Crippen molar-refractivity contribution in [3.8, 4) is 6.07 Å². The minimum Gasteiger partial charge on any atom is -0.381 e. The predicted octanol–water partition coefficient (Wildman–Crippen LogP) is 7.01. The maximum absolute atomic E-state index is 14.2. The molecule has 5 aliphatic rings. The predicted molar refractivity (Wildman–Crippen MR) is 141 cm³/mol. The van der Waals surface area contributed by atoms with Crippen molar-refractivity contribution in [2.75, 3.05) is 19.8 Å². The molecule has 7 heteroatoms. The number of ether oxygens (including phenoxy) is 1. The van der Waals surface area contributed by atoms with Gasteiger partial charge in [0.25, 0.3) is 0 Å². The van der Waals surface area contributed by atoms with Gasteiger partial charge < -0.3 is 9.64 Å². The van der Waals surface area contributed by atoms with Gasteiger partial charge in [-0.3, -0.25) is 4.79 Å². The number of likely N-dealkylation sites (tertiary alicyclic amines) is 1. The fraction of sp³-hybridized carbons (Fsp3) is 0.750. The Bertz CT molecular complexity index is 1130. The number of hydrogen-bond donors (Lipinski definition) is 0. The molecule has 4 nitrogen and oxygen atoms in total. The fourth-order valence-electron chi connectivity index (χ4n) is 9.52. The highest BCUT2D eigenvalue weighted by Gasteiger charge is 2.59. The zero-order valence-corrected chi connectivity index (χ0v) is 23.0. The summed E-state index contributed by atoms with van der Waals surface area (Å²) >= 11 is 0. The number of benzene rings is 1. The minimum absolute atomic E-state index is 0.0629. The van der Waals surface area contributed by atoms with Crippen LogP contribution in [-0.4, -0.2) is 36.6 Å². The Kier molecular flexibility index (Phi) is 7.23. The summed E-state index contributed by atoms with van der Waals surface area (Å²) < 4.78 is 45.9. The Morgan fingerprint density at radius 1 is 1.15 bits per heavy atom. The van der Waals surface area contributed by atoms with Gasteiger partial charge in [-0.05, 0) is 117 Å². The van der Waals surface area contributed by atoms with Crippen molar-refractivity contribution in [1.29, 1.82) is 5.26 Å². The van der Waals surface area contributed by atoms with Crippen molar-refractivity contribution < 1.29 is 22.7 Å². The van der Waals surface area contributed by atoms with Crippen molar-refractivity contribution in [1.82, 2.24) is 4.90 Å². The first kappa shape index (κ1) is 27.1. The highest BCUT2D eigenvalue weighted by atomic mass is 19.4. The molecule has 3 saturated carbocycles. The topological polar surface area (TPSA) is 53.3 Å². The van der Waals surface area contributed by atoms with Gasteiger partial charge in [0.15, 0.2) is 0 Å². The van der Waals surface area contributed by atoms with Gasteiger partial charge in [0.2, 0.25) is 5.91 Å². The summed E-state index contributed by atoms with van der Waals surface area (Å²) in [5.74, 6) is 3.52. The normalized spacial score (nSPS) is 37.7. The molecule has 0 radical (unpaired) electrons. The van der Waals surface area contributed by atoms with Crippen LogP contribution in [0.4, 0.5) is 13.2 Å². The summed E-state index contributed by atoms with van der Waals surface area (Å²) in [6, 6.07) is 5.84. The monoisotopic (exact) mass is 542 g/mol. The quantitative estimate of drug-likeness (QED) is 0.389. The van der Waals surface area contributed by atoms with Crippen LogP contribution in [0.2, 0.25) is 0 Å². The summed E-state index contributed by atoms with van der Waals surface area (Å²) in [7, 11) is 0. The number of nitriles is 1. The standard InChI is InChI=1S/C32H41F3N2O2/c1-2-23-19-39-7-5-24(23)10-21-12-27-4-3-6-31(27,16-21)30(38)37-18-26-15-29(37)14-25(26)9-20-8-22(17-36)13-28(11-20)32(33,34)35/h8,11,13,21,23-27,29H,2-7,9-10,12,14-16,18-19H2,1H3/t21-,23-,24-,25?,26+,27-,29-,31-/m1/s1. The van der Waals surface area contributed by atoms with Gasteiger partial charge in [0.05, 0.1) is 22.6 Å². The number of amides is 1. The summed E-state index contributed by atoms with van der Waals surface area (Å²) in [5, 5.41) is 9.26. The smallest absolute Gasteiger partial charge is 0.381 e. The first-order valence-corrected chi connectivity index (χ1v) is 15.2. The Hall–Kier alpha value is -2.07. The van der Waals surface area contributed by atoms with Gasteiger partial charge in [0, 0.05) is 25.8 Å². The number of alkyl halides is 3. The third-order valence-electron chi connectivity index (χ3n) is 11.3. The van der Waals surface area contributed by atoms with E-state index in [1.54, 1.807) is 6.07 Å². The largest absolute Gasteiger partial charge is 0.416 e. The van der Waals surface area contributed by atoms with E-state index in [-0.39, 0.29) is 22.9 Å². The second-order valence-electron chi connectivity index (χ2n) is 13.4. The van der Waals surface area contributed by atoms with E-state index in [2.05, 4.69) is 11.8 Å². The Labute approximate surface area is 230 Å². The fourth-order valence-corrected chi connectivity index (χ4v) is 9.52. The van der Waals surface area contributed by atoms with Crippen LogP contribution in [0.25, 0.3) is 0 Å². The van der Waals surface area contributed by atoms with Crippen LogP contribution in [0, 0.1) is 52.3 Å². The molecule has 2 bridgehead atoms. The number of hydrogen-bond acceptors (Lipinski definition) is 3. The molecule has 212 valence electrons. The summed E-state index contributed by atoms with van der Waals surface area (Å²) in [6.07, 6.45) is 7.06. The van der Waals surface area contributed by atoms with Gasteiger partial charge in [-0.25, -0.2) is 0 Å². The van der Waals surface area contributed by atoms with Crippen LogP contribution in [0.15, 0.2) is 18.2 Å². The highest BCUT2D eigenvalue weighted by Crippen LogP contribution is 2.60.